The monoisotopic (exact) mass is 281 g/mol. The van der Waals surface area contributed by atoms with Crippen LogP contribution in [0.5, 0.6) is 0 Å². The van der Waals surface area contributed by atoms with Crippen LogP contribution in [0.25, 0.3) is 0 Å². The molecule has 15 heavy (non-hydrogen) atoms. The minimum atomic E-state index is -4.86. The van der Waals surface area contributed by atoms with Crippen molar-refractivity contribution in [1.29, 1.82) is 0 Å². The number of aryl methyl sites for hydroxylation is 1. The lowest BCUT2D eigenvalue weighted by Crippen LogP contribution is -2.29. The number of carbonyl (C=O) groups excluding carboxylic acids is 1. The van der Waals surface area contributed by atoms with Gasteiger partial charge in [-0.15, -0.1) is 0 Å². The van der Waals surface area contributed by atoms with Gasteiger partial charge in [0.15, 0.2) is 0 Å². The first-order chi connectivity index (χ1) is 6.80. The molecule has 1 aromatic carbocycles. The normalized spacial score (nSPS) is 11.3. The number of nitrogens with one attached hydrogen (secondary N) is 1. The summed E-state index contributed by atoms with van der Waals surface area (Å²) in [4.78, 5) is 10.6. The van der Waals surface area contributed by atoms with Crippen LogP contribution in [0.15, 0.2) is 22.7 Å². The zero-order valence-electron chi connectivity index (χ0n) is 7.65. The van der Waals surface area contributed by atoms with E-state index in [1.807, 2.05) is 0 Å². The number of benzene rings is 1. The van der Waals surface area contributed by atoms with E-state index in [1.165, 1.54) is 12.1 Å². The number of rotatable bonds is 1. The molecule has 82 valence electrons. The van der Waals surface area contributed by atoms with Crippen molar-refractivity contribution in [3.05, 3.63) is 28.2 Å². The number of anilines is 1. The first kappa shape index (κ1) is 12.0. The van der Waals surface area contributed by atoms with Gasteiger partial charge in [0.1, 0.15) is 0 Å². The number of hydrogen-bond acceptors (Lipinski definition) is 1. The third-order valence-electron chi connectivity index (χ3n) is 1.69. The Morgan fingerprint density at radius 2 is 2.00 bits per heavy atom. The van der Waals surface area contributed by atoms with E-state index >= 15 is 0 Å². The SMILES string of the molecule is Cc1ccc(NC(=O)C(F)(F)F)cc1Br. The van der Waals surface area contributed by atoms with Crippen LogP contribution in [-0.4, -0.2) is 12.1 Å². The molecule has 0 spiro atoms. The number of amides is 1. The molecule has 0 aliphatic rings. The van der Waals surface area contributed by atoms with Gasteiger partial charge >= 0.3 is 12.1 Å². The van der Waals surface area contributed by atoms with E-state index in [2.05, 4.69) is 15.9 Å². The van der Waals surface area contributed by atoms with E-state index in [-0.39, 0.29) is 5.69 Å². The molecule has 6 heteroatoms. The van der Waals surface area contributed by atoms with Crippen molar-refractivity contribution >= 4 is 27.5 Å². The van der Waals surface area contributed by atoms with E-state index in [9.17, 15) is 18.0 Å². The first-order valence-electron chi connectivity index (χ1n) is 3.95. The number of halogens is 4. The van der Waals surface area contributed by atoms with Crippen molar-refractivity contribution in [2.45, 2.75) is 13.1 Å². The zero-order valence-corrected chi connectivity index (χ0v) is 9.24. The Bertz CT molecular complexity index is 389. The van der Waals surface area contributed by atoms with E-state index in [4.69, 9.17) is 0 Å². The van der Waals surface area contributed by atoms with Gasteiger partial charge in [0.05, 0.1) is 0 Å². The van der Waals surface area contributed by atoms with Crippen molar-refractivity contribution in [3.63, 3.8) is 0 Å². The molecule has 0 aliphatic carbocycles. The standard InChI is InChI=1S/C9H7BrF3NO/c1-5-2-3-6(4-7(5)10)14-8(15)9(11,12)13/h2-4H,1H3,(H,14,15). The number of hydrogen-bond donors (Lipinski definition) is 1. The highest BCUT2D eigenvalue weighted by molar-refractivity contribution is 9.10. The van der Waals surface area contributed by atoms with Crippen LogP contribution in [0.4, 0.5) is 18.9 Å². The molecule has 0 bridgehead atoms. The molecule has 1 rings (SSSR count). The Hall–Kier alpha value is -1.04. The molecular formula is C9H7BrF3NO. The molecule has 0 fully saturated rings. The van der Waals surface area contributed by atoms with Crippen LogP contribution >= 0.6 is 15.9 Å². The largest absolute Gasteiger partial charge is 0.471 e. The van der Waals surface area contributed by atoms with Gasteiger partial charge in [-0.3, -0.25) is 4.79 Å². The Morgan fingerprint density at radius 3 is 2.47 bits per heavy atom. The molecule has 0 radical (unpaired) electrons. The fourth-order valence-corrected chi connectivity index (χ4v) is 1.25. The highest BCUT2D eigenvalue weighted by Gasteiger charge is 2.38. The molecule has 0 heterocycles. The van der Waals surface area contributed by atoms with Gasteiger partial charge in [-0.25, -0.2) is 0 Å². The summed E-state index contributed by atoms with van der Waals surface area (Å²) in [6.45, 7) is 1.79. The number of alkyl halides is 3. The molecule has 1 amide bonds. The maximum atomic E-state index is 11.9. The summed E-state index contributed by atoms with van der Waals surface area (Å²) in [5.41, 5.74) is 0.981. The van der Waals surface area contributed by atoms with E-state index < -0.39 is 12.1 Å². The predicted octanol–water partition coefficient (Wildman–Crippen LogP) is 3.26. The Morgan fingerprint density at radius 1 is 1.40 bits per heavy atom. The molecule has 0 unspecified atom stereocenters. The van der Waals surface area contributed by atoms with E-state index in [0.29, 0.717) is 4.47 Å². The summed E-state index contributed by atoms with van der Waals surface area (Å²) in [5.74, 6) is -1.97. The van der Waals surface area contributed by atoms with Gasteiger partial charge in [0.2, 0.25) is 0 Å². The van der Waals surface area contributed by atoms with Crippen molar-refractivity contribution in [1.82, 2.24) is 0 Å². The fourth-order valence-electron chi connectivity index (χ4n) is 0.873. The molecule has 0 atom stereocenters. The second-order valence-electron chi connectivity index (χ2n) is 2.92. The Balaban J connectivity index is 2.83. The summed E-state index contributed by atoms with van der Waals surface area (Å²) < 4.78 is 36.3. The van der Waals surface area contributed by atoms with Crippen LogP contribution in [0.2, 0.25) is 0 Å². The second-order valence-corrected chi connectivity index (χ2v) is 3.77. The topological polar surface area (TPSA) is 29.1 Å². The first-order valence-corrected chi connectivity index (χ1v) is 4.74. The Kier molecular flexibility index (Phi) is 3.38. The van der Waals surface area contributed by atoms with E-state index in [0.717, 1.165) is 5.56 Å². The van der Waals surface area contributed by atoms with Crippen molar-refractivity contribution < 1.29 is 18.0 Å². The zero-order chi connectivity index (χ0) is 11.6. The summed E-state index contributed by atoms with van der Waals surface area (Å²) in [6, 6.07) is 4.43. The lowest BCUT2D eigenvalue weighted by molar-refractivity contribution is -0.167. The molecule has 1 aromatic rings. The minimum absolute atomic E-state index is 0.106. The summed E-state index contributed by atoms with van der Waals surface area (Å²) in [6.07, 6.45) is -4.86. The Labute approximate surface area is 92.6 Å². The van der Waals surface area contributed by atoms with Crippen molar-refractivity contribution in [2.24, 2.45) is 0 Å². The fraction of sp³-hybridized carbons (Fsp3) is 0.222. The van der Waals surface area contributed by atoms with Crippen molar-refractivity contribution in [2.75, 3.05) is 5.32 Å². The molecule has 0 saturated carbocycles. The molecular weight excluding hydrogens is 275 g/mol. The van der Waals surface area contributed by atoms with Crippen LogP contribution in [0.3, 0.4) is 0 Å². The highest BCUT2D eigenvalue weighted by Crippen LogP contribution is 2.23. The average Bonchev–Trinajstić information content (AvgIpc) is 2.10. The maximum Gasteiger partial charge on any atom is 0.471 e. The molecule has 2 nitrogen and oxygen atoms in total. The quantitative estimate of drug-likeness (QED) is 0.841. The third kappa shape index (κ3) is 3.23. The van der Waals surface area contributed by atoms with Crippen LogP contribution in [-0.2, 0) is 4.79 Å². The van der Waals surface area contributed by atoms with Gasteiger partial charge in [-0.1, -0.05) is 22.0 Å². The summed E-state index contributed by atoms with van der Waals surface area (Å²) in [7, 11) is 0. The van der Waals surface area contributed by atoms with Gasteiger partial charge in [-0.05, 0) is 24.6 Å². The van der Waals surface area contributed by atoms with Crippen LogP contribution in [0, 0.1) is 6.92 Å². The van der Waals surface area contributed by atoms with E-state index in [1.54, 1.807) is 18.3 Å². The lowest BCUT2D eigenvalue weighted by atomic mass is 10.2. The van der Waals surface area contributed by atoms with Crippen LogP contribution in [0.1, 0.15) is 5.56 Å². The predicted molar refractivity (Wildman–Crippen MR) is 53.6 cm³/mol. The van der Waals surface area contributed by atoms with Crippen LogP contribution < -0.4 is 5.32 Å². The summed E-state index contributed by atoms with van der Waals surface area (Å²) >= 11 is 3.15. The highest BCUT2D eigenvalue weighted by atomic mass is 79.9. The van der Waals surface area contributed by atoms with Crippen molar-refractivity contribution in [3.8, 4) is 0 Å². The molecule has 1 N–H and O–H groups in total. The molecule has 0 aromatic heterocycles. The third-order valence-corrected chi connectivity index (χ3v) is 2.54. The summed E-state index contributed by atoms with van der Waals surface area (Å²) in [5, 5.41) is 1.76. The van der Waals surface area contributed by atoms with Gasteiger partial charge in [0.25, 0.3) is 0 Å². The molecule has 0 aliphatic heterocycles. The van der Waals surface area contributed by atoms with Gasteiger partial charge < -0.3 is 5.32 Å². The van der Waals surface area contributed by atoms with Gasteiger partial charge in [0, 0.05) is 10.2 Å². The molecule has 0 saturated heterocycles. The van der Waals surface area contributed by atoms with Gasteiger partial charge in [-0.2, -0.15) is 13.2 Å². The average molecular weight is 282 g/mol. The smallest absolute Gasteiger partial charge is 0.318 e. The number of carbonyl (C=O) groups is 1. The maximum absolute atomic E-state index is 11.9. The minimum Gasteiger partial charge on any atom is -0.318 e. The second kappa shape index (κ2) is 4.22. The lowest BCUT2D eigenvalue weighted by Gasteiger charge is -2.08.